The number of hydrogen-bond donors (Lipinski definition) is 0. The van der Waals surface area contributed by atoms with Crippen LogP contribution in [0.2, 0.25) is 0 Å². The standard InChI is InChI=1S/C28H22N2O2/c1-31-22-13-11-20(12-14-22)26-17-28-25(18-29-26)24(19-7-4-3-5-8-19)16-27(30-28)21-9-6-10-23(15-21)32-2/h3-18H,1-2H3. The van der Waals surface area contributed by atoms with E-state index in [9.17, 15) is 0 Å². The van der Waals surface area contributed by atoms with Crippen LogP contribution in [0.4, 0.5) is 0 Å². The second-order valence-electron chi connectivity index (χ2n) is 7.47. The molecule has 2 heterocycles. The molecule has 32 heavy (non-hydrogen) atoms. The van der Waals surface area contributed by atoms with Gasteiger partial charge in [-0.2, -0.15) is 0 Å². The summed E-state index contributed by atoms with van der Waals surface area (Å²) in [7, 11) is 3.34. The van der Waals surface area contributed by atoms with E-state index in [1.54, 1.807) is 14.2 Å². The summed E-state index contributed by atoms with van der Waals surface area (Å²) in [6.07, 6.45) is 1.92. The van der Waals surface area contributed by atoms with Crippen LogP contribution >= 0.6 is 0 Å². The minimum atomic E-state index is 0.805. The fourth-order valence-corrected chi connectivity index (χ4v) is 3.83. The molecule has 0 atom stereocenters. The lowest BCUT2D eigenvalue weighted by molar-refractivity contribution is 0.415. The second-order valence-corrected chi connectivity index (χ2v) is 7.47. The molecule has 0 amide bonds. The first kappa shape index (κ1) is 19.8. The normalized spacial score (nSPS) is 10.8. The van der Waals surface area contributed by atoms with Gasteiger partial charge >= 0.3 is 0 Å². The molecule has 4 heteroatoms. The molecule has 0 saturated heterocycles. The first-order chi connectivity index (χ1) is 15.7. The molecule has 0 bridgehead atoms. The Hall–Kier alpha value is -4.18. The minimum absolute atomic E-state index is 0.805. The zero-order valence-electron chi connectivity index (χ0n) is 17.9. The molecule has 0 N–H and O–H groups in total. The van der Waals surface area contributed by atoms with Crippen LogP contribution in [0.1, 0.15) is 0 Å². The summed E-state index contributed by atoms with van der Waals surface area (Å²) in [4.78, 5) is 9.75. The molecule has 5 aromatic rings. The van der Waals surface area contributed by atoms with E-state index in [0.29, 0.717) is 0 Å². The van der Waals surface area contributed by atoms with Gasteiger partial charge in [-0.05, 0) is 59.7 Å². The van der Waals surface area contributed by atoms with Gasteiger partial charge in [0.1, 0.15) is 11.5 Å². The van der Waals surface area contributed by atoms with Crippen LogP contribution < -0.4 is 9.47 Å². The number of fused-ring (bicyclic) bond motifs is 1. The van der Waals surface area contributed by atoms with Gasteiger partial charge in [0, 0.05) is 22.7 Å². The van der Waals surface area contributed by atoms with E-state index in [-0.39, 0.29) is 0 Å². The number of ether oxygens (including phenoxy) is 2. The summed E-state index contributed by atoms with van der Waals surface area (Å²) in [5.41, 5.74) is 6.90. The van der Waals surface area contributed by atoms with Gasteiger partial charge in [0.05, 0.1) is 31.1 Å². The highest BCUT2D eigenvalue weighted by Gasteiger charge is 2.12. The van der Waals surface area contributed by atoms with Crippen molar-refractivity contribution in [3.05, 3.63) is 97.2 Å². The maximum atomic E-state index is 5.43. The molecule has 4 nitrogen and oxygen atoms in total. The van der Waals surface area contributed by atoms with Gasteiger partial charge < -0.3 is 9.47 Å². The number of hydrogen-bond acceptors (Lipinski definition) is 4. The lowest BCUT2D eigenvalue weighted by Gasteiger charge is -2.12. The number of benzene rings is 3. The zero-order valence-corrected chi connectivity index (χ0v) is 17.9. The van der Waals surface area contributed by atoms with Gasteiger partial charge in [-0.15, -0.1) is 0 Å². The Morgan fingerprint density at radius 2 is 1.34 bits per heavy atom. The van der Waals surface area contributed by atoms with Gasteiger partial charge in [0.15, 0.2) is 0 Å². The Balaban J connectivity index is 1.71. The van der Waals surface area contributed by atoms with Gasteiger partial charge in [-0.3, -0.25) is 4.98 Å². The molecule has 156 valence electrons. The van der Waals surface area contributed by atoms with E-state index in [2.05, 4.69) is 24.3 Å². The molecular weight excluding hydrogens is 396 g/mol. The van der Waals surface area contributed by atoms with Crippen molar-refractivity contribution in [3.8, 4) is 45.1 Å². The van der Waals surface area contributed by atoms with Crippen molar-refractivity contribution in [3.63, 3.8) is 0 Å². The van der Waals surface area contributed by atoms with Crippen molar-refractivity contribution in [2.45, 2.75) is 0 Å². The molecule has 5 rings (SSSR count). The third-order valence-electron chi connectivity index (χ3n) is 5.53. The third-order valence-corrected chi connectivity index (χ3v) is 5.53. The van der Waals surface area contributed by atoms with Crippen LogP contribution in [0.15, 0.2) is 97.2 Å². The quantitative estimate of drug-likeness (QED) is 0.321. The summed E-state index contributed by atoms with van der Waals surface area (Å²) < 4.78 is 10.7. The molecule has 0 radical (unpaired) electrons. The summed E-state index contributed by atoms with van der Waals surface area (Å²) in [5.74, 6) is 1.62. The van der Waals surface area contributed by atoms with Gasteiger partial charge in [-0.1, -0.05) is 42.5 Å². The maximum absolute atomic E-state index is 5.43. The minimum Gasteiger partial charge on any atom is -0.497 e. The average molecular weight is 418 g/mol. The van der Waals surface area contributed by atoms with Crippen LogP contribution in [-0.2, 0) is 0 Å². The van der Waals surface area contributed by atoms with Crippen molar-refractivity contribution in [2.75, 3.05) is 14.2 Å². The number of pyridine rings is 2. The molecule has 2 aromatic heterocycles. The highest BCUT2D eigenvalue weighted by atomic mass is 16.5. The number of methoxy groups -OCH3 is 2. The predicted octanol–water partition coefficient (Wildman–Crippen LogP) is 6.65. The lowest BCUT2D eigenvalue weighted by atomic mass is 9.98. The number of nitrogens with zero attached hydrogens (tertiary/aromatic N) is 2. The third kappa shape index (κ3) is 3.79. The van der Waals surface area contributed by atoms with Crippen molar-refractivity contribution in [2.24, 2.45) is 0 Å². The fourth-order valence-electron chi connectivity index (χ4n) is 3.83. The summed E-state index contributed by atoms with van der Waals surface area (Å²) in [6, 6.07) is 30.4. The molecule has 0 aliphatic rings. The van der Waals surface area contributed by atoms with Crippen LogP contribution in [0.5, 0.6) is 11.5 Å². The Kier molecular flexibility index (Phi) is 5.26. The van der Waals surface area contributed by atoms with Gasteiger partial charge in [-0.25, -0.2) is 4.98 Å². The Labute approximate surface area is 187 Å². The molecule has 0 saturated carbocycles. The van der Waals surface area contributed by atoms with Gasteiger partial charge in [0.25, 0.3) is 0 Å². The van der Waals surface area contributed by atoms with E-state index in [1.165, 1.54) is 0 Å². The lowest BCUT2D eigenvalue weighted by Crippen LogP contribution is -1.93. The summed E-state index contributed by atoms with van der Waals surface area (Å²) in [6.45, 7) is 0. The van der Waals surface area contributed by atoms with Gasteiger partial charge in [0.2, 0.25) is 0 Å². The largest absolute Gasteiger partial charge is 0.497 e. The van der Waals surface area contributed by atoms with E-state index in [1.807, 2.05) is 72.9 Å². The second kappa shape index (κ2) is 8.52. The van der Waals surface area contributed by atoms with E-state index in [0.717, 1.165) is 56.0 Å². The Morgan fingerprint density at radius 1 is 0.594 bits per heavy atom. The summed E-state index contributed by atoms with van der Waals surface area (Å²) in [5, 5.41) is 1.01. The first-order valence-electron chi connectivity index (χ1n) is 10.4. The monoisotopic (exact) mass is 418 g/mol. The van der Waals surface area contributed by atoms with Crippen LogP contribution in [-0.4, -0.2) is 24.2 Å². The molecule has 0 spiro atoms. The first-order valence-corrected chi connectivity index (χ1v) is 10.4. The summed E-state index contributed by atoms with van der Waals surface area (Å²) >= 11 is 0. The Bertz CT molecular complexity index is 1380. The van der Waals surface area contributed by atoms with Crippen molar-refractivity contribution < 1.29 is 9.47 Å². The van der Waals surface area contributed by atoms with Crippen molar-refractivity contribution >= 4 is 10.9 Å². The van der Waals surface area contributed by atoms with Crippen LogP contribution in [0.25, 0.3) is 44.5 Å². The van der Waals surface area contributed by atoms with Crippen LogP contribution in [0, 0.1) is 0 Å². The molecule has 0 aliphatic carbocycles. The number of rotatable bonds is 5. The smallest absolute Gasteiger partial charge is 0.119 e. The van der Waals surface area contributed by atoms with Crippen LogP contribution in [0.3, 0.4) is 0 Å². The van der Waals surface area contributed by atoms with Crippen molar-refractivity contribution in [1.29, 1.82) is 0 Å². The topological polar surface area (TPSA) is 44.2 Å². The zero-order chi connectivity index (χ0) is 21.9. The predicted molar refractivity (Wildman–Crippen MR) is 129 cm³/mol. The highest BCUT2D eigenvalue weighted by molar-refractivity contribution is 5.97. The molecule has 0 fully saturated rings. The highest BCUT2D eigenvalue weighted by Crippen LogP contribution is 2.34. The van der Waals surface area contributed by atoms with E-state index in [4.69, 9.17) is 19.4 Å². The SMILES string of the molecule is COc1ccc(-c2cc3nc(-c4cccc(OC)c4)cc(-c4ccccc4)c3cn2)cc1. The maximum Gasteiger partial charge on any atom is 0.119 e. The fraction of sp³-hybridized carbons (Fsp3) is 0.0714. The van der Waals surface area contributed by atoms with Crippen molar-refractivity contribution in [1.82, 2.24) is 9.97 Å². The number of aromatic nitrogens is 2. The van der Waals surface area contributed by atoms with E-state index >= 15 is 0 Å². The molecule has 0 aliphatic heterocycles. The molecule has 0 unspecified atom stereocenters. The average Bonchev–Trinajstić information content (AvgIpc) is 2.88. The van der Waals surface area contributed by atoms with E-state index < -0.39 is 0 Å². The Morgan fingerprint density at radius 3 is 2.09 bits per heavy atom. The molecular formula is C28H22N2O2. The molecule has 3 aromatic carbocycles.